The fraction of sp³-hybridized carbons (Fsp3) is 0.304. The van der Waals surface area contributed by atoms with Crippen molar-refractivity contribution in [2.75, 3.05) is 6.54 Å². The Morgan fingerprint density at radius 2 is 1.68 bits per heavy atom. The molecule has 14 heteroatoms. The quantitative estimate of drug-likeness (QED) is 0.128. The number of benzene rings is 1. The Bertz CT molecular complexity index is 1270. The Labute approximate surface area is 210 Å². The van der Waals surface area contributed by atoms with E-state index in [-0.39, 0.29) is 12.8 Å². The van der Waals surface area contributed by atoms with Gasteiger partial charge in [-0.25, -0.2) is 4.98 Å². The third-order valence-electron chi connectivity index (χ3n) is 5.52. The van der Waals surface area contributed by atoms with Crippen molar-refractivity contribution in [2.24, 2.45) is 11.5 Å². The molecule has 1 aromatic carbocycles. The van der Waals surface area contributed by atoms with Crippen molar-refractivity contribution in [3.05, 3.63) is 54.2 Å². The number of rotatable bonds is 13. The van der Waals surface area contributed by atoms with E-state index in [0.717, 1.165) is 10.9 Å². The number of nitrogens with zero attached hydrogens (tertiary/aromatic N) is 1. The number of carboxylic acid groups (broad SMARTS) is 1. The van der Waals surface area contributed by atoms with Crippen molar-refractivity contribution in [1.29, 1.82) is 0 Å². The highest BCUT2D eigenvalue weighted by atomic mass is 16.4. The zero-order chi connectivity index (χ0) is 26.9. The van der Waals surface area contributed by atoms with Crippen molar-refractivity contribution >= 4 is 40.5 Å². The van der Waals surface area contributed by atoms with E-state index in [0.29, 0.717) is 11.3 Å². The Morgan fingerprint density at radius 3 is 2.35 bits per heavy atom. The number of aromatic amines is 2. The van der Waals surface area contributed by atoms with Gasteiger partial charge in [-0.05, 0) is 11.6 Å². The van der Waals surface area contributed by atoms with E-state index in [1.807, 2.05) is 24.3 Å². The minimum Gasteiger partial charge on any atom is -0.480 e. The maximum atomic E-state index is 13.3. The van der Waals surface area contributed by atoms with Crippen molar-refractivity contribution in [3.63, 3.8) is 0 Å². The lowest BCUT2D eigenvalue weighted by Crippen LogP contribution is -2.57. The van der Waals surface area contributed by atoms with Crippen molar-refractivity contribution in [2.45, 2.75) is 37.4 Å². The minimum absolute atomic E-state index is 0.0303. The van der Waals surface area contributed by atoms with Gasteiger partial charge in [0, 0.05) is 41.8 Å². The maximum Gasteiger partial charge on any atom is 0.322 e. The zero-order valence-corrected chi connectivity index (χ0v) is 19.7. The lowest BCUT2D eigenvalue weighted by molar-refractivity contribution is -0.138. The van der Waals surface area contributed by atoms with Crippen LogP contribution in [0.25, 0.3) is 10.9 Å². The van der Waals surface area contributed by atoms with Crippen molar-refractivity contribution < 1.29 is 29.1 Å². The van der Waals surface area contributed by atoms with E-state index in [2.05, 4.69) is 30.9 Å². The number of nitrogens with one attached hydrogen (secondary N) is 5. The molecule has 0 fully saturated rings. The highest BCUT2D eigenvalue weighted by molar-refractivity contribution is 5.95. The monoisotopic (exact) mass is 512 g/mol. The molecule has 10 N–H and O–H groups in total. The normalized spacial score (nSPS) is 13.3. The molecule has 37 heavy (non-hydrogen) atoms. The second-order valence-corrected chi connectivity index (χ2v) is 8.36. The van der Waals surface area contributed by atoms with E-state index in [1.165, 1.54) is 12.5 Å². The molecule has 0 bridgehead atoms. The van der Waals surface area contributed by atoms with Crippen LogP contribution >= 0.6 is 0 Å². The summed E-state index contributed by atoms with van der Waals surface area (Å²) in [6.07, 6.45) is 4.12. The van der Waals surface area contributed by atoms with Gasteiger partial charge < -0.3 is 42.5 Å². The van der Waals surface area contributed by atoms with Crippen LogP contribution in [0.2, 0.25) is 0 Å². The van der Waals surface area contributed by atoms with Gasteiger partial charge >= 0.3 is 5.97 Å². The predicted octanol–water partition coefficient (Wildman–Crippen LogP) is -1.95. The number of hydrogen-bond acceptors (Lipinski definition) is 7. The van der Waals surface area contributed by atoms with Crippen LogP contribution in [0.1, 0.15) is 17.7 Å². The van der Waals surface area contributed by atoms with E-state index >= 15 is 0 Å². The van der Waals surface area contributed by atoms with E-state index in [4.69, 9.17) is 16.6 Å². The third kappa shape index (κ3) is 7.63. The number of aromatic nitrogens is 3. The van der Waals surface area contributed by atoms with Gasteiger partial charge in [-0.15, -0.1) is 0 Å². The summed E-state index contributed by atoms with van der Waals surface area (Å²) in [7, 11) is 0. The van der Waals surface area contributed by atoms with Gasteiger partial charge in [0.05, 0.1) is 18.8 Å². The first-order chi connectivity index (χ1) is 17.6. The van der Waals surface area contributed by atoms with E-state index in [1.54, 1.807) is 6.20 Å². The topological polar surface area (TPSA) is 238 Å². The van der Waals surface area contributed by atoms with Crippen molar-refractivity contribution in [3.8, 4) is 0 Å². The summed E-state index contributed by atoms with van der Waals surface area (Å²) in [6.45, 7) is -0.643. The molecule has 2 heterocycles. The van der Waals surface area contributed by atoms with Gasteiger partial charge in [-0.3, -0.25) is 24.0 Å². The average molecular weight is 513 g/mol. The zero-order valence-electron chi connectivity index (χ0n) is 19.7. The van der Waals surface area contributed by atoms with Crippen LogP contribution in [0, 0.1) is 0 Å². The number of hydrogen-bond donors (Lipinski definition) is 8. The Balaban J connectivity index is 1.82. The molecule has 196 valence electrons. The molecule has 0 saturated heterocycles. The third-order valence-corrected chi connectivity index (χ3v) is 5.52. The lowest BCUT2D eigenvalue weighted by atomic mass is 10.0. The van der Waals surface area contributed by atoms with Crippen LogP contribution < -0.4 is 27.4 Å². The van der Waals surface area contributed by atoms with Crippen molar-refractivity contribution in [1.82, 2.24) is 30.9 Å². The fourth-order valence-corrected chi connectivity index (χ4v) is 3.70. The molecule has 14 nitrogen and oxygen atoms in total. The molecule has 0 saturated carbocycles. The molecule has 3 aromatic rings. The summed E-state index contributed by atoms with van der Waals surface area (Å²) >= 11 is 0. The predicted molar refractivity (Wildman–Crippen MR) is 131 cm³/mol. The van der Waals surface area contributed by atoms with Gasteiger partial charge in [-0.1, -0.05) is 18.2 Å². The summed E-state index contributed by atoms with van der Waals surface area (Å²) < 4.78 is 0. The first kappa shape index (κ1) is 26.9. The SMILES string of the molecule is NC(=O)CC(N)C(=O)NC(Cc1cnc[nH]1)C(=O)NC(Cc1c[nH]c2ccccc12)C(=O)NCC(=O)O. The summed E-state index contributed by atoms with van der Waals surface area (Å²) in [5, 5.41) is 17.1. The molecule has 0 radical (unpaired) electrons. The first-order valence-electron chi connectivity index (χ1n) is 11.3. The molecule has 0 aliphatic heterocycles. The number of fused-ring (bicyclic) bond motifs is 1. The number of H-pyrrole nitrogens is 2. The molecule has 3 unspecified atom stereocenters. The average Bonchev–Trinajstić information content (AvgIpc) is 3.51. The number of amides is 4. The van der Waals surface area contributed by atoms with Crippen LogP contribution in [0.5, 0.6) is 0 Å². The molecule has 3 atom stereocenters. The highest BCUT2D eigenvalue weighted by Gasteiger charge is 2.30. The minimum atomic E-state index is -1.28. The molecular formula is C23H28N8O6. The van der Waals surface area contributed by atoms with E-state index < -0.39 is 60.7 Å². The number of imidazole rings is 1. The van der Waals surface area contributed by atoms with Crippen LogP contribution in [-0.2, 0) is 36.8 Å². The van der Waals surface area contributed by atoms with Gasteiger partial charge in [-0.2, -0.15) is 0 Å². The number of carbonyl (C=O) groups excluding carboxylic acids is 4. The summed E-state index contributed by atoms with van der Waals surface area (Å²) in [5.74, 6) is -4.28. The fourth-order valence-electron chi connectivity index (χ4n) is 3.70. The second-order valence-electron chi connectivity index (χ2n) is 8.36. The summed E-state index contributed by atoms with van der Waals surface area (Å²) in [6, 6.07) is 3.70. The molecule has 0 aliphatic carbocycles. The van der Waals surface area contributed by atoms with Gasteiger partial charge in [0.2, 0.25) is 23.6 Å². The molecule has 0 aliphatic rings. The number of carbonyl (C=O) groups is 5. The lowest BCUT2D eigenvalue weighted by Gasteiger charge is -2.23. The highest BCUT2D eigenvalue weighted by Crippen LogP contribution is 2.19. The molecule has 3 rings (SSSR count). The maximum absolute atomic E-state index is 13.3. The first-order valence-corrected chi connectivity index (χ1v) is 11.3. The Kier molecular flexibility index (Phi) is 8.94. The van der Waals surface area contributed by atoms with Crippen LogP contribution in [-0.4, -0.2) is 74.3 Å². The number of aliphatic carboxylic acids is 1. The smallest absolute Gasteiger partial charge is 0.322 e. The number of carboxylic acids is 1. The van der Waals surface area contributed by atoms with Gasteiger partial charge in [0.1, 0.15) is 18.6 Å². The van der Waals surface area contributed by atoms with Gasteiger partial charge in [0.25, 0.3) is 0 Å². The molecule has 2 aromatic heterocycles. The van der Waals surface area contributed by atoms with Crippen LogP contribution in [0.15, 0.2) is 43.0 Å². The van der Waals surface area contributed by atoms with Crippen LogP contribution in [0.4, 0.5) is 0 Å². The number of primary amides is 1. The standard InChI is InChI=1S/C23H28N8O6/c24-15(7-19(25)32)21(35)30-18(6-13-9-26-11-29-13)23(37)31-17(22(36)28-10-20(33)34)5-12-8-27-16-4-2-1-3-14(12)16/h1-4,8-9,11,15,17-18,27H,5-7,10,24H2,(H2,25,32)(H,26,29)(H,28,36)(H,30,35)(H,31,37)(H,33,34). The van der Waals surface area contributed by atoms with Crippen LogP contribution in [0.3, 0.4) is 0 Å². The molecule has 0 spiro atoms. The van der Waals surface area contributed by atoms with E-state index in [9.17, 15) is 24.0 Å². The second kappa shape index (κ2) is 12.3. The number of para-hydroxylation sites is 1. The molecule has 4 amide bonds. The Hall–Kier alpha value is -4.72. The Morgan fingerprint density at radius 1 is 0.973 bits per heavy atom. The number of nitrogens with two attached hydrogens (primary N) is 2. The van der Waals surface area contributed by atoms with Gasteiger partial charge in [0.15, 0.2) is 0 Å². The summed E-state index contributed by atoms with van der Waals surface area (Å²) in [4.78, 5) is 70.6. The largest absolute Gasteiger partial charge is 0.480 e. The summed E-state index contributed by atoms with van der Waals surface area (Å²) in [5.41, 5.74) is 12.9. The molecular weight excluding hydrogens is 484 g/mol.